The van der Waals surface area contributed by atoms with Gasteiger partial charge in [-0.05, 0) is 18.8 Å². The van der Waals surface area contributed by atoms with Crippen molar-refractivity contribution in [3.8, 4) is 0 Å². The maximum atomic E-state index is 12.0. The third-order valence-corrected chi connectivity index (χ3v) is 3.48. The van der Waals surface area contributed by atoms with Crippen molar-refractivity contribution in [1.82, 2.24) is 9.78 Å². The SMILES string of the molecule is Cc1nn(C)c(CC(=O)CC(N)CC(C)(C)C)c1Cl. The highest BCUT2D eigenvalue weighted by atomic mass is 35.5. The van der Waals surface area contributed by atoms with Crippen molar-refractivity contribution in [2.75, 3.05) is 0 Å². The van der Waals surface area contributed by atoms with Crippen LogP contribution in [-0.2, 0) is 18.3 Å². The molecule has 0 saturated carbocycles. The van der Waals surface area contributed by atoms with Crippen molar-refractivity contribution in [3.63, 3.8) is 0 Å². The van der Waals surface area contributed by atoms with Crippen molar-refractivity contribution in [2.24, 2.45) is 18.2 Å². The largest absolute Gasteiger partial charge is 0.327 e. The highest BCUT2D eigenvalue weighted by Crippen LogP contribution is 2.23. The number of carbonyl (C=O) groups excluding carboxylic acids is 1. The lowest BCUT2D eigenvalue weighted by Crippen LogP contribution is -2.29. The van der Waals surface area contributed by atoms with E-state index in [9.17, 15) is 4.79 Å². The van der Waals surface area contributed by atoms with Crippen LogP contribution in [0.4, 0.5) is 0 Å². The van der Waals surface area contributed by atoms with Crippen LogP contribution in [0, 0.1) is 12.3 Å². The van der Waals surface area contributed by atoms with Gasteiger partial charge in [-0.1, -0.05) is 32.4 Å². The normalized spacial score (nSPS) is 13.6. The molecule has 0 aliphatic rings. The Morgan fingerprint density at radius 2 is 2.05 bits per heavy atom. The van der Waals surface area contributed by atoms with Gasteiger partial charge in [-0.15, -0.1) is 0 Å². The van der Waals surface area contributed by atoms with Gasteiger partial charge in [0.1, 0.15) is 5.78 Å². The first kappa shape index (κ1) is 16.2. The van der Waals surface area contributed by atoms with E-state index in [-0.39, 0.29) is 17.2 Å². The first-order chi connectivity index (χ1) is 8.60. The van der Waals surface area contributed by atoms with Crippen molar-refractivity contribution in [1.29, 1.82) is 0 Å². The minimum atomic E-state index is -0.0967. The van der Waals surface area contributed by atoms with E-state index in [0.29, 0.717) is 17.9 Å². The van der Waals surface area contributed by atoms with E-state index in [1.54, 1.807) is 11.7 Å². The number of halogens is 1. The van der Waals surface area contributed by atoms with Crippen molar-refractivity contribution >= 4 is 17.4 Å². The van der Waals surface area contributed by atoms with Gasteiger partial charge in [0.05, 0.1) is 16.4 Å². The lowest BCUT2D eigenvalue weighted by Gasteiger charge is -2.22. The van der Waals surface area contributed by atoms with Gasteiger partial charge in [0.2, 0.25) is 0 Å². The Hall–Kier alpha value is -0.870. The van der Waals surface area contributed by atoms with Crippen LogP contribution in [0.2, 0.25) is 5.02 Å². The Kier molecular flexibility index (Phi) is 5.16. The molecular formula is C14H24ClN3O. The number of carbonyl (C=O) groups is 1. The maximum Gasteiger partial charge on any atom is 0.140 e. The number of nitrogens with two attached hydrogens (primary N) is 1. The topological polar surface area (TPSA) is 60.9 Å². The van der Waals surface area contributed by atoms with Gasteiger partial charge < -0.3 is 5.73 Å². The summed E-state index contributed by atoms with van der Waals surface area (Å²) in [5.41, 5.74) is 7.68. The molecule has 0 amide bonds. The van der Waals surface area contributed by atoms with Crippen LogP contribution in [0.3, 0.4) is 0 Å². The lowest BCUT2D eigenvalue weighted by atomic mass is 9.86. The van der Waals surface area contributed by atoms with Crippen LogP contribution in [0.5, 0.6) is 0 Å². The van der Waals surface area contributed by atoms with Gasteiger partial charge >= 0.3 is 0 Å². The van der Waals surface area contributed by atoms with Crippen LogP contribution in [0.25, 0.3) is 0 Å². The van der Waals surface area contributed by atoms with E-state index in [1.165, 1.54) is 0 Å². The van der Waals surface area contributed by atoms with Gasteiger partial charge in [-0.25, -0.2) is 0 Å². The summed E-state index contributed by atoms with van der Waals surface area (Å²) in [6.45, 7) is 8.21. The van der Waals surface area contributed by atoms with Crippen molar-refractivity contribution in [2.45, 2.75) is 53.0 Å². The number of rotatable bonds is 5. The molecule has 19 heavy (non-hydrogen) atoms. The second-order valence-electron chi connectivity index (χ2n) is 6.41. The number of hydrogen-bond donors (Lipinski definition) is 1. The number of nitrogens with zero attached hydrogens (tertiary/aromatic N) is 2. The molecule has 0 bridgehead atoms. The maximum absolute atomic E-state index is 12.0. The molecule has 0 aliphatic carbocycles. The monoisotopic (exact) mass is 285 g/mol. The molecule has 4 nitrogen and oxygen atoms in total. The molecule has 0 saturated heterocycles. The number of hydrogen-bond acceptors (Lipinski definition) is 3. The minimum absolute atomic E-state index is 0.0967. The zero-order valence-corrected chi connectivity index (χ0v) is 13.2. The summed E-state index contributed by atoms with van der Waals surface area (Å²) in [6.07, 6.45) is 1.52. The zero-order chi connectivity index (χ0) is 14.8. The minimum Gasteiger partial charge on any atom is -0.327 e. The molecule has 0 spiro atoms. The Morgan fingerprint density at radius 1 is 1.47 bits per heavy atom. The lowest BCUT2D eigenvalue weighted by molar-refractivity contribution is -0.118. The van der Waals surface area contributed by atoms with Gasteiger partial charge in [0.15, 0.2) is 0 Å². The molecule has 2 N–H and O–H groups in total. The zero-order valence-electron chi connectivity index (χ0n) is 12.5. The highest BCUT2D eigenvalue weighted by Gasteiger charge is 2.20. The molecule has 1 heterocycles. The Labute approximate surface area is 120 Å². The number of aromatic nitrogens is 2. The molecule has 0 aromatic carbocycles. The fraction of sp³-hybridized carbons (Fsp3) is 0.714. The second-order valence-corrected chi connectivity index (χ2v) is 6.79. The van der Waals surface area contributed by atoms with Crippen LogP contribution in [0.1, 0.15) is 45.0 Å². The first-order valence-corrected chi connectivity index (χ1v) is 6.93. The van der Waals surface area contributed by atoms with E-state index in [2.05, 4.69) is 25.9 Å². The predicted molar refractivity (Wildman–Crippen MR) is 78.3 cm³/mol. The molecule has 1 aromatic heterocycles. The molecule has 0 aliphatic heterocycles. The van der Waals surface area contributed by atoms with Crippen molar-refractivity contribution in [3.05, 3.63) is 16.4 Å². The van der Waals surface area contributed by atoms with E-state index in [4.69, 9.17) is 17.3 Å². The quantitative estimate of drug-likeness (QED) is 0.905. The van der Waals surface area contributed by atoms with Crippen LogP contribution >= 0.6 is 11.6 Å². The fourth-order valence-electron chi connectivity index (χ4n) is 2.28. The molecule has 1 aromatic rings. The van der Waals surface area contributed by atoms with Crippen LogP contribution in [0.15, 0.2) is 0 Å². The van der Waals surface area contributed by atoms with E-state index in [0.717, 1.165) is 17.8 Å². The van der Waals surface area contributed by atoms with E-state index >= 15 is 0 Å². The van der Waals surface area contributed by atoms with Gasteiger partial charge in [-0.3, -0.25) is 9.48 Å². The number of ketones is 1. The number of aryl methyl sites for hydroxylation is 2. The molecule has 0 fully saturated rings. The van der Waals surface area contributed by atoms with Crippen molar-refractivity contribution < 1.29 is 4.79 Å². The van der Waals surface area contributed by atoms with Crippen LogP contribution in [-0.4, -0.2) is 21.6 Å². The summed E-state index contributed by atoms with van der Waals surface area (Å²) in [5, 5.41) is 4.79. The molecule has 1 rings (SSSR count). The average molecular weight is 286 g/mol. The molecule has 1 unspecified atom stereocenters. The molecule has 108 valence electrons. The average Bonchev–Trinajstić information content (AvgIpc) is 2.42. The third-order valence-electron chi connectivity index (χ3n) is 2.99. The summed E-state index contributed by atoms with van der Waals surface area (Å²) >= 11 is 6.13. The van der Waals surface area contributed by atoms with Gasteiger partial charge in [-0.2, -0.15) is 5.10 Å². The summed E-state index contributed by atoms with van der Waals surface area (Å²) < 4.78 is 1.67. The highest BCUT2D eigenvalue weighted by molar-refractivity contribution is 6.32. The molecular weight excluding hydrogens is 262 g/mol. The molecule has 0 radical (unpaired) electrons. The Morgan fingerprint density at radius 3 is 2.47 bits per heavy atom. The first-order valence-electron chi connectivity index (χ1n) is 6.55. The molecule has 5 heteroatoms. The standard InChI is InChI=1S/C14H24ClN3O/c1-9-13(15)12(18(5)17-9)7-11(19)6-10(16)8-14(2,3)4/h10H,6-8,16H2,1-5H3. The van der Waals surface area contributed by atoms with Gasteiger partial charge in [0.25, 0.3) is 0 Å². The Bertz CT molecular complexity index is 460. The fourth-order valence-corrected chi connectivity index (χ4v) is 2.51. The van der Waals surface area contributed by atoms with Crippen LogP contribution < -0.4 is 5.73 Å². The molecule has 1 atom stereocenters. The smallest absolute Gasteiger partial charge is 0.140 e. The summed E-state index contributed by atoms with van der Waals surface area (Å²) in [5.74, 6) is 0.113. The summed E-state index contributed by atoms with van der Waals surface area (Å²) in [7, 11) is 1.80. The summed E-state index contributed by atoms with van der Waals surface area (Å²) in [6, 6.07) is -0.0967. The summed E-state index contributed by atoms with van der Waals surface area (Å²) in [4.78, 5) is 12.0. The van der Waals surface area contributed by atoms with Gasteiger partial charge in [0, 0.05) is 25.9 Å². The Balaban J connectivity index is 2.61. The van der Waals surface area contributed by atoms with E-state index < -0.39 is 0 Å². The third kappa shape index (κ3) is 4.96. The second kappa shape index (κ2) is 6.06. The van der Waals surface area contributed by atoms with E-state index in [1.807, 2.05) is 6.92 Å². The predicted octanol–water partition coefficient (Wildman–Crippen LogP) is 2.65. The number of Topliss-reactive ketones (excluding diaryl/α,β-unsaturated/α-hetero) is 1.